The minimum atomic E-state index is 0.460. The van der Waals surface area contributed by atoms with E-state index in [1.165, 1.54) is 51.4 Å². The molecule has 14 heavy (non-hydrogen) atoms. The SMILES string of the molecule is NC1CC2CCCC(CC3CC3)(C1)N2. The second kappa shape index (κ2) is 3.21. The van der Waals surface area contributed by atoms with E-state index in [2.05, 4.69) is 5.32 Å². The number of hydrogen-bond acceptors (Lipinski definition) is 2. The van der Waals surface area contributed by atoms with Crippen molar-refractivity contribution in [3.63, 3.8) is 0 Å². The highest BCUT2D eigenvalue weighted by Crippen LogP contribution is 2.44. The second-order valence-electron chi connectivity index (χ2n) is 5.86. The van der Waals surface area contributed by atoms with Gasteiger partial charge in [-0.15, -0.1) is 0 Å². The lowest BCUT2D eigenvalue weighted by Crippen LogP contribution is -2.61. The van der Waals surface area contributed by atoms with Crippen LogP contribution < -0.4 is 11.1 Å². The summed E-state index contributed by atoms with van der Waals surface area (Å²) >= 11 is 0. The van der Waals surface area contributed by atoms with Crippen molar-refractivity contribution in [1.29, 1.82) is 0 Å². The molecule has 2 heterocycles. The zero-order chi connectivity index (χ0) is 9.60. The maximum Gasteiger partial charge on any atom is 0.0201 e. The van der Waals surface area contributed by atoms with Gasteiger partial charge in [-0.2, -0.15) is 0 Å². The van der Waals surface area contributed by atoms with Gasteiger partial charge in [0.25, 0.3) is 0 Å². The molecule has 2 aliphatic heterocycles. The number of fused-ring (bicyclic) bond motifs is 2. The first-order chi connectivity index (χ1) is 6.76. The third kappa shape index (κ3) is 1.70. The zero-order valence-electron chi connectivity index (χ0n) is 8.97. The lowest BCUT2D eigenvalue weighted by Gasteiger charge is -2.49. The maximum atomic E-state index is 6.17. The van der Waals surface area contributed by atoms with Crippen LogP contribution in [0.4, 0.5) is 0 Å². The van der Waals surface area contributed by atoms with Crippen LogP contribution in [0.15, 0.2) is 0 Å². The van der Waals surface area contributed by atoms with Gasteiger partial charge in [-0.25, -0.2) is 0 Å². The molecule has 3 N–H and O–H groups in total. The second-order valence-corrected chi connectivity index (χ2v) is 5.86. The molecule has 0 aromatic heterocycles. The van der Waals surface area contributed by atoms with Crippen LogP contribution in [0.5, 0.6) is 0 Å². The zero-order valence-corrected chi connectivity index (χ0v) is 8.97. The molecule has 80 valence electrons. The fraction of sp³-hybridized carbons (Fsp3) is 1.00. The summed E-state index contributed by atoms with van der Waals surface area (Å²) < 4.78 is 0. The first-order valence-electron chi connectivity index (χ1n) is 6.29. The van der Waals surface area contributed by atoms with Crippen molar-refractivity contribution in [1.82, 2.24) is 5.32 Å². The van der Waals surface area contributed by atoms with Crippen LogP contribution in [0, 0.1) is 5.92 Å². The predicted molar refractivity (Wildman–Crippen MR) is 58.1 cm³/mol. The number of hydrogen-bond donors (Lipinski definition) is 2. The minimum absolute atomic E-state index is 0.460. The van der Waals surface area contributed by atoms with Crippen LogP contribution in [-0.2, 0) is 0 Å². The van der Waals surface area contributed by atoms with Gasteiger partial charge in [-0.1, -0.05) is 19.3 Å². The van der Waals surface area contributed by atoms with E-state index in [0.29, 0.717) is 11.6 Å². The van der Waals surface area contributed by atoms with Gasteiger partial charge in [0.1, 0.15) is 0 Å². The normalized spacial score (nSPS) is 47.8. The van der Waals surface area contributed by atoms with Crippen LogP contribution in [0.25, 0.3) is 0 Å². The summed E-state index contributed by atoms with van der Waals surface area (Å²) in [4.78, 5) is 0. The van der Waals surface area contributed by atoms with E-state index in [9.17, 15) is 0 Å². The molecule has 0 aromatic rings. The number of rotatable bonds is 2. The molecule has 3 rings (SSSR count). The highest BCUT2D eigenvalue weighted by atomic mass is 15.1. The molecule has 1 saturated carbocycles. The van der Waals surface area contributed by atoms with Crippen LogP contribution in [0.1, 0.15) is 51.4 Å². The molecular weight excluding hydrogens is 172 g/mol. The molecule has 0 amide bonds. The minimum Gasteiger partial charge on any atom is -0.328 e. The average Bonchev–Trinajstić information content (AvgIpc) is 2.86. The Balaban J connectivity index is 1.73. The van der Waals surface area contributed by atoms with Crippen molar-refractivity contribution in [3.8, 4) is 0 Å². The van der Waals surface area contributed by atoms with Crippen LogP contribution >= 0.6 is 0 Å². The van der Waals surface area contributed by atoms with Gasteiger partial charge in [0.2, 0.25) is 0 Å². The summed E-state index contributed by atoms with van der Waals surface area (Å²) in [5.41, 5.74) is 6.63. The molecule has 0 aromatic carbocycles. The highest BCUT2D eigenvalue weighted by molar-refractivity contribution is 5.04. The summed E-state index contributed by atoms with van der Waals surface area (Å²) in [5.74, 6) is 1.03. The summed E-state index contributed by atoms with van der Waals surface area (Å²) in [6, 6.07) is 1.21. The molecule has 3 atom stereocenters. The third-order valence-electron chi connectivity index (χ3n) is 4.33. The van der Waals surface area contributed by atoms with Crippen molar-refractivity contribution < 1.29 is 0 Å². The highest BCUT2D eigenvalue weighted by Gasteiger charge is 2.44. The Morgan fingerprint density at radius 2 is 2.14 bits per heavy atom. The molecule has 2 bridgehead atoms. The Morgan fingerprint density at radius 3 is 2.93 bits per heavy atom. The van der Waals surface area contributed by atoms with E-state index in [1.54, 1.807) is 0 Å². The molecule has 0 spiro atoms. The fourth-order valence-electron chi connectivity index (χ4n) is 3.67. The maximum absolute atomic E-state index is 6.17. The van der Waals surface area contributed by atoms with Crippen LogP contribution in [0.2, 0.25) is 0 Å². The molecule has 2 saturated heterocycles. The first kappa shape index (κ1) is 9.17. The molecule has 3 fully saturated rings. The Labute approximate surface area is 86.6 Å². The van der Waals surface area contributed by atoms with Gasteiger partial charge in [-0.3, -0.25) is 0 Å². The standard InChI is InChI=1S/C12H22N2/c13-10-6-11-2-1-5-12(8-10,14-11)7-9-3-4-9/h9-11,14H,1-8,13H2. The third-order valence-corrected chi connectivity index (χ3v) is 4.33. The Morgan fingerprint density at radius 1 is 1.29 bits per heavy atom. The lowest BCUT2D eigenvalue weighted by atomic mass is 9.72. The fourth-order valence-corrected chi connectivity index (χ4v) is 3.67. The Bertz CT molecular complexity index is 215. The average molecular weight is 194 g/mol. The van der Waals surface area contributed by atoms with E-state index in [4.69, 9.17) is 5.73 Å². The van der Waals surface area contributed by atoms with Gasteiger partial charge in [-0.05, 0) is 38.0 Å². The topological polar surface area (TPSA) is 38.0 Å². The van der Waals surface area contributed by atoms with Crippen molar-refractivity contribution in [2.45, 2.75) is 69.0 Å². The summed E-state index contributed by atoms with van der Waals surface area (Å²) in [6.07, 6.45) is 11.0. The lowest BCUT2D eigenvalue weighted by molar-refractivity contribution is 0.112. The quantitative estimate of drug-likeness (QED) is 0.703. The van der Waals surface area contributed by atoms with Gasteiger partial charge in [0.05, 0.1) is 0 Å². The van der Waals surface area contributed by atoms with Gasteiger partial charge < -0.3 is 11.1 Å². The molecule has 3 aliphatic rings. The monoisotopic (exact) mass is 194 g/mol. The summed E-state index contributed by atoms with van der Waals surface area (Å²) in [7, 11) is 0. The molecule has 2 nitrogen and oxygen atoms in total. The molecule has 3 unspecified atom stereocenters. The number of nitrogens with two attached hydrogens (primary N) is 1. The van der Waals surface area contributed by atoms with E-state index in [0.717, 1.165) is 12.0 Å². The van der Waals surface area contributed by atoms with E-state index >= 15 is 0 Å². The predicted octanol–water partition coefficient (Wildman–Crippen LogP) is 1.79. The van der Waals surface area contributed by atoms with Crippen molar-refractivity contribution in [3.05, 3.63) is 0 Å². The summed E-state index contributed by atoms with van der Waals surface area (Å²) in [6.45, 7) is 0. The van der Waals surface area contributed by atoms with Crippen molar-refractivity contribution in [2.75, 3.05) is 0 Å². The molecule has 1 aliphatic carbocycles. The number of piperidine rings is 2. The largest absolute Gasteiger partial charge is 0.328 e. The first-order valence-corrected chi connectivity index (χ1v) is 6.29. The number of nitrogens with one attached hydrogen (secondary N) is 1. The van der Waals surface area contributed by atoms with Gasteiger partial charge in [0, 0.05) is 17.6 Å². The van der Waals surface area contributed by atoms with Crippen molar-refractivity contribution >= 4 is 0 Å². The molecule has 0 radical (unpaired) electrons. The Hall–Kier alpha value is -0.0800. The van der Waals surface area contributed by atoms with E-state index in [-0.39, 0.29) is 0 Å². The smallest absolute Gasteiger partial charge is 0.0201 e. The van der Waals surface area contributed by atoms with Crippen molar-refractivity contribution in [2.24, 2.45) is 11.7 Å². The van der Waals surface area contributed by atoms with Gasteiger partial charge in [0.15, 0.2) is 0 Å². The van der Waals surface area contributed by atoms with Crippen LogP contribution in [-0.4, -0.2) is 17.6 Å². The van der Waals surface area contributed by atoms with E-state index < -0.39 is 0 Å². The summed E-state index contributed by atoms with van der Waals surface area (Å²) in [5, 5.41) is 3.89. The van der Waals surface area contributed by atoms with Crippen LogP contribution in [0.3, 0.4) is 0 Å². The molecule has 2 heteroatoms. The molecular formula is C12H22N2. The van der Waals surface area contributed by atoms with Gasteiger partial charge >= 0.3 is 0 Å². The van der Waals surface area contributed by atoms with E-state index in [1.807, 2.05) is 0 Å². The Kier molecular flexibility index (Phi) is 2.10.